The molecule has 4 rings (SSSR count). The summed E-state index contributed by atoms with van der Waals surface area (Å²) in [5, 5.41) is 22.5. The second-order valence-electron chi connectivity index (χ2n) is 8.55. The number of aryl methyl sites for hydroxylation is 1. The summed E-state index contributed by atoms with van der Waals surface area (Å²) in [5.41, 5.74) is -0.0749. The lowest BCUT2D eigenvalue weighted by Gasteiger charge is -2.23. The van der Waals surface area contributed by atoms with Crippen molar-refractivity contribution < 1.29 is 27.5 Å². The summed E-state index contributed by atoms with van der Waals surface area (Å²) in [5.74, 6) is -1.16. The Bertz CT molecular complexity index is 1700. The number of pyridine rings is 1. The van der Waals surface area contributed by atoms with Crippen molar-refractivity contribution in [1.29, 1.82) is 0 Å². The van der Waals surface area contributed by atoms with Gasteiger partial charge in [0, 0.05) is 42.4 Å². The highest BCUT2D eigenvalue weighted by molar-refractivity contribution is 7.86. The van der Waals surface area contributed by atoms with Crippen LogP contribution < -0.4 is 15.6 Å². The van der Waals surface area contributed by atoms with Gasteiger partial charge in [-0.3, -0.25) is 24.3 Å². The van der Waals surface area contributed by atoms with Crippen LogP contribution >= 0.6 is 23.2 Å². The number of nitrogens with zero attached hydrogens (tertiary/aromatic N) is 4. The van der Waals surface area contributed by atoms with Crippen molar-refractivity contribution in [3.63, 3.8) is 0 Å². The number of anilines is 2. The molecule has 1 aliphatic rings. The fourth-order valence-electron chi connectivity index (χ4n) is 4.13. The van der Waals surface area contributed by atoms with Gasteiger partial charge >= 0.3 is 0 Å². The molecule has 0 bridgehead atoms. The number of non-ortho nitro benzene ring substituents is 1. The quantitative estimate of drug-likeness (QED) is 0.204. The molecule has 208 valence electrons. The fourth-order valence-corrected chi connectivity index (χ4v) is 5.31. The molecule has 1 aromatic heterocycles. The van der Waals surface area contributed by atoms with Crippen LogP contribution in [0.2, 0.25) is 10.0 Å². The number of nitrogens with one attached hydrogen (secondary N) is 2. The van der Waals surface area contributed by atoms with E-state index < -0.39 is 43.5 Å². The number of rotatable bonds is 7. The van der Waals surface area contributed by atoms with Crippen molar-refractivity contribution in [3.8, 4) is 0 Å². The Balaban J connectivity index is 1.83. The zero-order chi connectivity index (χ0) is 29.4. The van der Waals surface area contributed by atoms with Gasteiger partial charge in [-0.15, -0.1) is 0 Å². The Morgan fingerprint density at radius 2 is 1.93 bits per heavy atom. The molecule has 1 unspecified atom stereocenters. The van der Waals surface area contributed by atoms with E-state index in [0.29, 0.717) is 5.56 Å². The molecule has 2 heterocycles. The van der Waals surface area contributed by atoms with Gasteiger partial charge in [-0.1, -0.05) is 23.2 Å². The van der Waals surface area contributed by atoms with Crippen LogP contribution in [0.4, 0.5) is 17.2 Å². The number of halogens is 2. The molecule has 1 aliphatic heterocycles. The average molecular weight is 607 g/mol. The summed E-state index contributed by atoms with van der Waals surface area (Å²) < 4.78 is 34.0. The van der Waals surface area contributed by atoms with Crippen molar-refractivity contribution in [2.24, 2.45) is 5.10 Å². The first kappa shape index (κ1) is 28.9. The fraction of sp³-hybridized carbons (Fsp3) is 0.167. The predicted octanol–water partition coefficient (Wildman–Crippen LogP) is 3.83. The zero-order valence-corrected chi connectivity index (χ0v) is 23.1. The predicted molar refractivity (Wildman–Crippen MR) is 148 cm³/mol. The minimum absolute atomic E-state index is 0.0394. The summed E-state index contributed by atoms with van der Waals surface area (Å²) in [4.78, 5) is 40.4. The highest BCUT2D eigenvalue weighted by Crippen LogP contribution is 2.34. The lowest BCUT2D eigenvalue weighted by Crippen LogP contribution is -2.39. The van der Waals surface area contributed by atoms with Crippen molar-refractivity contribution in [3.05, 3.63) is 85.5 Å². The first-order valence-corrected chi connectivity index (χ1v) is 13.6. The second kappa shape index (κ2) is 11.2. The van der Waals surface area contributed by atoms with Gasteiger partial charge in [-0.05, 0) is 42.8 Å². The first-order chi connectivity index (χ1) is 18.8. The van der Waals surface area contributed by atoms with E-state index in [1.807, 2.05) is 0 Å². The van der Waals surface area contributed by atoms with Crippen LogP contribution in [0, 0.1) is 17.0 Å². The number of amides is 2. The summed E-state index contributed by atoms with van der Waals surface area (Å²) in [7, 11) is -3.42. The number of nitro benzene ring substituents is 1. The summed E-state index contributed by atoms with van der Waals surface area (Å²) in [6.07, 6.45) is 1.12. The van der Waals surface area contributed by atoms with Crippen LogP contribution in [0.15, 0.2) is 58.7 Å². The number of nitro groups is 1. The second-order valence-corrected chi connectivity index (χ2v) is 10.8. The van der Waals surface area contributed by atoms with Crippen LogP contribution in [-0.2, 0) is 14.9 Å². The molecular weight excluding hydrogens is 587 g/mol. The van der Waals surface area contributed by atoms with E-state index in [4.69, 9.17) is 23.2 Å². The highest BCUT2D eigenvalue weighted by Gasteiger charge is 2.38. The molecule has 0 saturated carbocycles. The molecule has 13 nitrogen and oxygen atoms in total. The molecule has 0 radical (unpaired) electrons. The van der Waals surface area contributed by atoms with E-state index in [1.54, 1.807) is 19.1 Å². The molecule has 0 saturated heterocycles. The molecule has 40 heavy (non-hydrogen) atoms. The Morgan fingerprint density at radius 1 is 1.20 bits per heavy atom. The number of hydrazone groups is 1. The Hall–Kier alpha value is -4.11. The third-order valence-electron chi connectivity index (χ3n) is 5.95. The number of carbonyl (C=O) groups is 2. The van der Waals surface area contributed by atoms with E-state index in [2.05, 4.69) is 20.7 Å². The minimum Gasteiger partial charge on any atom is -0.355 e. The van der Waals surface area contributed by atoms with Crippen LogP contribution in [0.5, 0.6) is 0 Å². The van der Waals surface area contributed by atoms with Gasteiger partial charge in [0.25, 0.3) is 21.7 Å². The normalized spacial score (nSPS) is 15.0. The van der Waals surface area contributed by atoms with Gasteiger partial charge in [0.1, 0.15) is 10.9 Å². The molecule has 16 heteroatoms. The van der Waals surface area contributed by atoms with Crippen molar-refractivity contribution in [2.45, 2.75) is 24.3 Å². The SMILES string of the molecule is CNC(=O)c1cc(Cl)cc(C)c1NC(=O)C1CC(c2cc([N+](=O)[O-])ccc2S(=O)(=O)O)=NN1c1ncccc1Cl. The van der Waals surface area contributed by atoms with Crippen LogP contribution in [0.3, 0.4) is 0 Å². The van der Waals surface area contributed by atoms with E-state index in [9.17, 15) is 32.7 Å². The Labute approximate surface area is 237 Å². The Morgan fingerprint density at radius 3 is 2.55 bits per heavy atom. The lowest BCUT2D eigenvalue weighted by atomic mass is 10.0. The van der Waals surface area contributed by atoms with Gasteiger partial charge in [0.05, 0.1) is 26.9 Å². The number of hydrogen-bond acceptors (Lipinski definition) is 9. The van der Waals surface area contributed by atoms with Gasteiger partial charge in [0.2, 0.25) is 5.91 Å². The number of carbonyl (C=O) groups excluding carboxylic acids is 2. The maximum atomic E-state index is 13.7. The maximum absolute atomic E-state index is 13.7. The van der Waals surface area contributed by atoms with E-state index >= 15 is 0 Å². The lowest BCUT2D eigenvalue weighted by molar-refractivity contribution is -0.384. The van der Waals surface area contributed by atoms with Gasteiger partial charge < -0.3 is 10.6 Å². The summed E-state index contributed by atoms with van der Waals surface area (Å²) in [6.45, 7) is 1.64. The molecule has 0 spiro atoms. The van der Waals surface area contributed by atoms with E-state index in [0.717, 1.165) is 23.2 Å². The molecule has 0 fully saturated rings. The third kappa shape index (κ3) is 5.74. The zero-order valence-electron chi connectivity index (χ0n) is 20.8. The maximum Gasteiger partial charge on any atom is 0.295 e. The van der Waals surface area contributed by atoms with E-state index in [1.165, 1.54) is 25.4 Å². The number of benzene rings is 2. The van der Waals surface area contributed by atoms with Gasteiger partial charge in [0.15, 0.2) is 5.82 Å². The molecule has 3 N–H and O–H groups in total. The summed E-state index contributed by atoms with van der Waals surface area (Å²) >= 11 is 12.5. The number of aromatic nitrogens is 1. The molecule has 2 amide bonds. The topological polar surface area (TPSA) is 184 Å². The minimum atomic E-state index is -4.84. The molecular formula is C24H20Cl2N6O7S. The first-order valence-electron chi connectivity index (χ1n) is 11.4. The van der Waals surface area contributed by atoms with Gasteiger partial charge in [-0.25, -0.2) is 9.99 Å². The van der Waals surface area contributed by atoms with Crippen LogP contribution in [-0.4, -0.2) is 53.5 Å². The van der Waals surface area contributed by atoms with Crippen LogP contribution in [0.1, 0.15) is 27.9 Å². The van der Waals surface area contributed by atoms with E-state index in [-0.39, 0.29) is 44.8 Å². The summed E-state index contributed by atoms with van der Waals surface area (Å²) in [6, 6.07) is 7.51. The van der Waals surface area contributed by atoms with Crippen molar-refractivity contribution in [2.75, 3.05) is 17.4 Å². The standard InChI is InChI=1S/C24H20Cl2N6O7S/c1-12-8-13(25)9-16(23(33)27-2)21(12)29-24(34)19-11-18(30-31(19)22-17(26)4-3-7-28-22)15-10-14(32(35)36)5-6-20(15)40(37,38)39/h3-10,19H,11H2,1-2H3,(H,27,33)(H,29,34)(H,37,38,39). The molecule has 1 atom stereocenters. The third-order valence-corrected chi connectivity index (χ3v) is 7.38. The molecule has 0 aliphatic carbocycles. The van der Waals surface area contributed by atoms with Crippen molar-refractivity contribution in [1.82, 2.24) is 10.3 Å². The number of hydrogen-bond donors (Lipinski definition) is 3. The van der Waals surface area contributed by atoms with Gasteiger partial charge in [-0.2, -0.15) is 13.5 Å². The Kier molecular flexibility index (Phi) is 8.07. The largest absolute Gasteiger partial charge is 0.355 e. The monoisotopic (exact) mass is 606 g/mol. The molecule has 3 aromatic rings. The average Bonchev–Trinajstić information content (AvgIpc) is 3.34. The molecule has 2 aromatic carbocycles. The smallest absolute Gasteiger partial charge is 0.295 e. The highest BCUT2D eigenvalue weighted by atomic mass is 35.5. The van der Waals surface area contributed by atoms with Crippen LogP contribution in [0.25, 0.3) is 0 Å². The van der Waals surface area contributed by atoms with Crippen molar-refractivity contribution >= 4 is 68.0 Å².